The zero-order valence-corrected chi connectivity index (χ0v) is 13.8. The molecule has 7 nitrogen and oxygen atoms in total. The van der Waals surface area contributed by atoms with E-state index in [0.717, 1.165) is 6.07 Å². The molecule has 0 saturated carbocycles. The van der Waals surface area contributed by atoms with Gasteiger partial charge in [0.2, 0.25) is 0 Å². The molecule has 0 saturated heterocycles. The second-order valence-corrected chi connectivity index (χ2v) is 5.96. The first-order chi connectivity index (χ1) is 12.8. The number of nitrogens with zero attached hydrogens (tertiary/aromatic N) is 4. The van der Waals surface area contributed by atoms with Crippen molar-refractivity contribution in [3.05, 3.63) is 47.8 Å². The summed E-state index contributed by atoms with van der Waals surface area (Å²) in [6.07, 6.45) is -3.15. The van der Waals surface area contributed by atoms with E-state index < -0.39 is 11.7 Å². The Morgan fingerprint density at radius 3 is 2.70 bits per heavy atom. The number of carbonyl (C=O) groups is 1. The van der Waals surface area contributed by atoms with E-state index in [2.05, 4.69) is 20.4 Å². The van der Waals surface area contributed by atoms with Crippen LogP contribution in [0, 0.1) is 0 Å². The molecule has 0 atom stereocenters. The van der Waals surface area contributed by atoms with Crippen LogP contribution in [-0.4, -0.2) is 32.2 Å². The number of hydrogen-bond donors (Lipinski definition) is 2. The van der Waals surface area contributed by atoms with Gasteiger partial charge in [-0.25, -0.2) is 9.97 Å². The SMILES string of the molecule is Nc1ccc(-c2nccc(-c3cc4n(n3)CCNC4=O)n2)cc1C(F)(F)F. The Morgan fingerprint density at radius 1 is 1.15 bits per heavy atom. The van der Waals surface area contributed by atoms with Crippen LogP contribution in [0.3, 0.4) is 0 Å². The average Bonchev–Trinajstić information content (AvgIpc) is 3.07. The lowest BCUT2D eigenvalue weighted by Crippen LogP contribution is -2.35. The van der Waals surface area contributed by atoms with Gasteiger partial charge in [0.15, 0.2) is 5.82 Å². The predicted molar refractivity (Wildman–Crippen MR) is 90.4 cm³/mol. The fourth-order valence-electron chi connectivity index (χ4n) is 2.84. The molecular formula is C17H13F3N6O. The Morgan fingerprint density at radius 2 is 1.96 bits per heavy atom. The number of carbonyl (C=O) groups excluding carboxylic acids is 1. The Balaban J connectivity index is 1.75. The van der Waals surface area contributed by atoms with Crippen molar-refractivity contribution >= 4 is 11.6 Å². The lowest BCUT2D eigenvalue weighted by molar-refractivity contribution is -0.136. The molecule has 0 unspecified atom stereocenters. The monoisotopic (exact) mass is 374 g/mol. The quantitative estimate of drug-likeness (QED) is 0.671. The van der Waals surface area contributed by atoms with Crippen LogP contribution in [0.1, 0.15) is 16.1 Å². The Kier molecular flexibility index (Phi) is 3.83. The molecular weight excluding hydrogens is 361 g/mol. The third-order valence-corrected chi connectivity index (χ3v) is 4.16. The standard InChI is InChI=1S/C17H13F3N6O/c18-17(19,20)10-7-9(1-2-11(10)21)15-22-4-3-12(24-15)13-8-14-16(27)23-5-6-26(14)25-13/h1-4,7-8H,5-6,21H2,(H,23,27). The van der Waals surface area contributed by atoms with Crippen LogP contribution in [0.15, 0.2) is 36.5 Å². The third-order valence-electron chi connectivity index (χ3n) is 4.16. The van der Waals surface area contributed by atoms with E-state index in [4.69, 9.17) is 5.73 Å². The molecule has 1 aliphatic heterocycles. The van der Waals surface area contributed by atoms with Crippen LogP contribution >= 0.6 is 0 Å². The lowest BCUT2D eigenvalue weighted by atomic mass is 10.1. The van der Waals surface area contributed by atoms with Crippen LogP contribution in [0.2, 0.25) is 0 Å². The molecule has 10 heteroatoms. The number of benzene rings is 1. The highest BCUT2D eigenvalue weighted by molar-refractivity contribution is 5.94. The number of amides is 1. The minimum absolute atomic E-state index is 0.105. The number of nitrogens with two attached hydrogens (primary N) is 1. The van der Waals surface area contributed by atoms with E-state index in [9.17, 15) is 18.0 Å². The van der Waals surface area contributed by atoms with Crippen LogP contribution in [-0.2, 0) is 12.7 Å². The molecule has 3 aromatic rings. The first-order valence-electron chi connectivity index (χ1n) is 7.99. The van der Waals surface area contributed by atoms with Gasteiger partial charge in [-0.1, -0.05) is 0 Å². The van der Waals surface area contributed by atoms with Crippen molar-refractivity contribution in [1.29, 1.82) is 0 Å². The Labute approximate surface area is 151 Å². The molecule has 138 valence electrons. The van der Waals surface area contributed by atoms with Gasteiger partial charge < -0.3 is 11.1 Å². The van der Waals surface area contributed by atoms with E-state index in [1.54, 1.807) is 16.8 Å². The number of nitrogen functional groups attached to an aromatic ring is 1. The van der Waals surface area contributed by atoms with E-state index in [1.807, 2.05) is 0 Å². The maximum atomic E-state index is 13.1. The number of rotatable bonds is 2. The third kappa shape index (κ3) is 3.09. The molecule has 0 aliphatic carbocycles. The fraction of sp³-hybridized carbons (Fsp3) is 0.176. The molecule has 27 heavy (non-hydrogen) atoms. The number of anilines is 1. The smallest absolute Gasteiger partial charge is 0.398 e. The molecule has 0 fully saturated rings. The predicted octanol–water partition coefficient (Wildman–Crippen LogP) is 2.35. The molecule has 0 radical (unpaired) electrons. The maximum absolute atomic E-state index is 13.1. The summed E-state index contributed by atoms with van der Waals surface area (Å²) in [6, 6.07) is 6.69. The minimum atomic E-state index is -4.58. The van der Waals surface area contributed by atoms with Crippen LogP contribution in [0.5, 0.6) is 0 Å². The summed E-state index contributed by atoms with van der Waals surface area (Å²) < 4.78 is 40.8. The minimum Gasteiger partial charge on any atom is -0.398 e. The zero-order valence-electron chi connectivity index (χ0n) is 13.8. The zero-order chi connectivity index (χ0) is 19.2. The summed E-state index contributed by atoms with van der Waals surface area (Å²) >= 11 is 0. The number of halogens is 3. The second kappa shape index (κ2) is 6.08. The van der Waals surface area contributed by atoms with Crippen molar-refractivity contribution in [1.82, 2.24) is 25.1 Å². The first-order valence-corrected chi connectivity index (χ1v) is 7.99. The maximum Gasteiger partial charge on any atom is 0.418 e. The summed E-state index contributed by atoms with van der Waals surface area (Å²) in [4.78, 5) is 20.2. The molecule has 1 aliphatic rings. The highest BCUT2D eigenvalue weighted by atomic mass is 19.4. The van der Waals surface area contributed by atoms with Crippen molar-refractivity contribution in [2.45, 2.75) is 12.7 Å². The van der Waals surface area contributed by atoms with Crippen LogP contribution < -0.4 is 11.1 Å². The van der Waals surface area contributed by atoms with Crippen LogP contribution in [0.4, 0.5) is 18.9 Å². The Bertz CT molecular complexity index is 1040. The molecule has 2 aromatic heterocycles. The van der Waals surface area contributed by atoms with Crippen molar-refractivity contribution in [2.75, 3.05) is 12.3 Å². The van der Waals surface area contributed by atoms with Gasteiger partial charge in [0.05, 0.1) is 17.8 Å². The summed E-state index contributed by atoms with van der Waals surface area (Å²) in [6.45, 7) is 1.01. The normalized spacial score (nSPS) is 14.0. The van der Waals surface area contributed by atoms with Crippen LogP contribution in [0.25, 0.3) is 22.8 Å². The van der Waals surface area contributed by atoms with Gasteiger partial charge in [-0.3, -0.25) is 9.48 Å². The first kappa shape index (κ1) is 17.0. The van der Waals surface area contributed by atoms with Crippen molar-refractivity contribution in [3.8, 4) is 22.8 Å². The summed E-state index contributed by atoms with van der Waals surface area (Å²) in [5, 5.41) is 7.06. The number of hydrogen-bond acceptors (Lipinski definition) is 5. The molecule has 3 heterocycles. The molecule has 3 N–H and O–H groups in total. The topological polar surface area (TPSA) is 98.7 Å². The van der Waals surface area contributed by atoms with E-state index in [1.165, 1.54) is 18.3 Å². The number of nitrogens with one attached hydrogen (secondary N) is 1. The summed E-state index contributed by atoms with van der Waals surface area (Å²) in [5.41, 5.74) is 5.56. The number of alkyl halides is 3. The lowest BCUT2D eigenvalue weighted by Gasteiger charge is -2.13. The molecule has 0 bridgehead atoms. The Hall–Kier alpha value is -3.43. The summed E-state index contributed by atoms with van der Waals surface area (Å²) in [7, 11) is 0. The van der Waals surface area contributed by atoms with E-state index >= 15 is 0 Å². The highest BCUT2D eigenvalue weighted by Gasteiger charge is 2.33. The second-order valence-electron chi connectivity index (χ2n) is 5.96. The van der Waals surface area contributed by atoms with Gasteiger partial charge in [-0.2, -0.15) is 18.3 Å². The van der Waals surface area contributed by atoms with Gasteiger partial charge in [0.1, 0.15) is 11.4 Å². The van der Waals surface area contributed by atoms with Crippen molar-refractivity contribution in [3.63, 3.8) is 0 Å². The average molecular weight is 374 g/mol. The van der Waals surface area contributed by atoms with Gasteiger partial charge in [-0.05, 0) is 30.3 Å². The van der Waals surface area contributed by atoms with Gasteiger partial charge in [0.25, 0.3) is 5.91 Å². The molecule has 0 spiro atoms. The fourth-order valence-corrected chi connectivity index (χ4v) is 2.84. The number of fused-ring (bicyclic) bond motifs is 1. The summed E-state index contributed by atoms with van der Waals surface area (Å²) in [5.74, 6) is -0.129. The van der Waals surface area contributed by atoms with Crippen molar-refractivity contribution in [2.24, 2.45) is 0 Å². The van der Waals surface area contributed by atoms with Gasteiger partial charge in [0, 0.05) is 24.0 Å². The molecule has 4 rings (SSSR count). The number of aromatic nitrogens is 4. The highest BCUT2D eigenvalue weighted by Crippen LogP contribution is 2.35. The molecule has 1 amide bonds. The largest absolute Gasteiger partial charge is 0.418 e. The molecule has 1 aromatic carbocycles. The van der Waals surface area contributed by atoms with Gasteiger partial charge in [-0.15, -0.1) is 0 Å². The van der Waals surface area contributed by atoms with Crippen molar-refractivity contribution < 1.29 is 18.0 Å². The van der Waals surface area contributed by atoms with E-state index in [-0.39, 0.29) is 23.0 Å². The van der Waals surface area contributed by atoms with E-state index in [0.29, 0.717) is 30.2 Å². The van der Waals surface area contributed by atoms with Gasteiger partial charge >= 0.3 is 6.18 Å².